The number of rotatable bonds is 17. The Morgan fingerprint density at radius 2 is 1.29 bits per heavy atom. The van der Waals surface area contributed by atoms with Crippen LogP contribution < -0.4 is 14.3 Å². The van der Waals surface area contributed by atoms with Gasteiger partial charge in [0.1, 0.15) is 30.0 Å². The number of carbonyl (C=O) groups excluding carboxylic acids is 2. The number of aromatic nitrogens is 8. The van der Waals surface area contributed by atoms with Crippen molar-refractivity contribution in [1.29, 1.82) is 10.5 Å². The molecule has 68 heavy (non-hydrogen) atoms. The average Bonchev–Trinajstić information content (AvgIpc) is 4.20. The molecule has 0 aromatic carbocycles. The van der Waals surface area contributed by atoms with Crippen LogP contribution in [0.5, 0.6) is 0 Å². The van der Waals surface area contributed by atoms with Gasteiger partial charge in [0, 0.05) is 93.3 Å². The minimum absolute atomic E-state index is 0.0479. The number of carbonyl (C=O) groups is 2. The molecule has 0 unspecified atom stereocenters. The second-order valence-electron chi connectivity index (χ2n) is 18.2. The topological polar surface area (TPSA) is 205 Å². The zero-order valence-corrected chi connectivity index (χ0v) is 45.0. The van der Waals surface area contributed by atoms with Gasteiger partial charge >= 0.3 is 124 Å². The monoisotopic (exact) mass is 1100 g/mol. The summed E-state index contributed by atoms with van der Waals surface area (Å²) in [6.07, 6.45) is 27.2. The number of aryl methyl sites for hydroxylation is 2. The van der Waals surface area contributed by atoms with Gasteiger partial charge in [-0.1, -0.05) is 0 Å². The van der Waals surface area contributed by atoms with Gasteiger partial charge in [0.25, 0.3) is 0 Å². The largest absolute Gasteiger partial charge is 0.379 e. The zero-order valence-electron chi connectivity index (χ0n) is 40.5. The molecule has 2 aliphatic rings. The van der Waals surface area contributed by atoms with Gasteiger partial charge in [-0.05, 0) is 53.7 Å². The molecular weight excluding hydrogens is 1030 g/mol. The molecule has 6 aromatic rings. The first kappa shape index (κ1) is 52.0. The molecule has 2 fully saturated rings. The van der Waals surface area contributed by atoms with E-state index in [0.717, 1.165) is 81.5 Å². The average molecular weight is 1100 g/mol. The number of amides is 2. The van der Waals surface area contributed by atoms with Crippen LogP contribution in [0.25, 0.3) is 33.5 Å². The third-order valence-electron chi connectivity index (χ3n) is 13.3. The van der Waals surface area contributed by atoms with Crippen LogP contribution in [0.4, 0.5) is 11.4 Å². The van der Waals surface area contributed by atoms with Gasteiger partial charge in [0.15, 0.2) is 0 Å². The number of nitrogens with one attached hydrogen (secondary N) is 4. The number of piperidine rings is 2. The van der Waals surface area contributed by atoms with Crippen molar-refractivity contribution < 1.29 is 9.59 Å². The fourth-order valence-corrected chi connectivity index (χ4v) is 26.6. The predicted molar refractivity (Wildman–Crippen MR) is 277 cm³/mol. The molecule has 0 radical (unpaired) electrons. The van der Waals surface area contributed by atoms with Crippen molar-refractivity contribution in [1.82, 2.24) is 48.8 Å². The Labute approximate surface area is 413 Å². The number of aromatic amines is 2. The van der Waals surface area contributed by atoms with Crippen molar-refractivity contribution >= 4 is 83.3 Å². The van der Waals surface area contributed by atoms with Crippen molar-refractivity contribution in [2.45, 2.75) is 123 Å². The minimum Gasteiger partial charge on any atom is -0.379 e. The fourth-order valence-electron chi connectivity index (χ4n) is 9.67. The van der Waals surface area contributed by atoms with E-state index in [4.69, 9.17) is 10.5 Å². The van der Waals surface area contributed by atoms with Crippen molar-refractivity contribution in [3.63, 3.8) is 0 Å². The maximum atomic E-state index is 12.1. The van der Waals surface area contributed by atoms with Gasteiger partial charge in [0.2, 0.25) is 11.8 Å². The molecule has 8 rings (SSSR count). The second kappa shape index (κ2) is 25.8. The maximum Gasteiger partial charge on any atom is 0.236 e. The number of imidazole rings is 2. The minimum atomic E-state index is -2.19. The number of pyridine rings is 2. The molecule has 2 amide bonds. The van der Waals surface area contributed by atoms with E-state index in [1.165, 1.54) is 51.8 Å². The molecule has 16 nitrogen and oxygen atoms in total. The second-order valence-corrected chi connectivity index (χ2v) is 32.1. The van der Waals surface area contributed by atoms with Crippen molar-refractivity contribution in [3.8, 4) is 23.5 Å². The maximum absolute atomic E-state index is 12.1. The van der Waals surface area contributed by atoms with Crippen molar-refractivity contribution in [2.75, 3.05) is 36.8 Å². The summed E-state index contributed by atoms with van der Waals surface area (Å²) in [6, 6.07) is 8.14. The zero-order chi connectivity index (χ0) is 48.5. The summed E-state index contributed by atoms with van der Waals surface area (Å²) in [5.41, 5.74) is 4.53. The molecule has 0 aliphatic carbocycles. The van der Waals surface area contributed by atoms with Crippen LogP contribution >= 0.6 is 15.9 Å². The summed E-state index contributed by atoms with van der Waals surface area (Å²) in [5.74, 6) is 0.644. The summed E-state index contributed by atoms with van der Waals surface area (Å²) < 4.78 is 11.5. The number of nitrogens with zero attached hydrogens (tertiary/aromatic N) is 10. The van der Waals surface area contributed by atoms with E-state index < -0.39 is 18.4 Å². The van der Waals surface area contributed by atoms with E-state index in [0.29, 0.717) is 19.6 Å². The van der Waals surface area contributed by atoms with Gasteiger partial charge in [0.05, 0.1) is 33.5 Å². The Balaban J connectivity index is 0.000000171. The fraction of sp³-hybridized carbons (Fsp3) is 0.520. The van der Waals surface area contributed by atoms with Gasteiger partial charge in [-0.25, -0.2) is 15.0 Å². The number of hydrogen-bond acceptors (Lipinski definition) is 10. The van der Waals surface area contributed by atoms with Gasteiger partial charge < -0.3 is 35.0 Å². The van der Waals surface area contributed by atoms with Crippen molar-refractivity contribution in [3.05, 3.63) is 66.3 Å². The number of anilines is 2. The molecule has 0 bridgehead atoms. The van der Waals surface area contributed by atoms with E-state index in [9.17, 15) is 9.59 Å². The SMILES string of the molecule is CCC[CH2][Sn]([CH2]CCC)([CH2]CCC)[c]1cncn1C.Cn1ccnc1-c1cnc2[nH]ccc2c1N[C@@H]1CCCN(C(=O)CC#N)C1.N#CCC(=O)N1CCC[C@@H](Nc2c(Br)cnc3[nH]ccc23)C1. The molecule has 4 N–H and O–H groups in total. The Morgan fingerprint density at radius 1 is 0.765 bits per heavy atom. The molecule has 8 heterocycles. The summed E-state index contributed by atoms with van der Waals surface area (Å²) in [7, 11) is 4.16. The Morgan fingerprint density at radius 3 is 1.78 bits per heavy atom. The molecule has 2 atom stereocenters. The number of fused-ring (bicyclic) bond motifs is 2. The quantitative estimate of drug-likeness (QED) is 0.0637. The first-order valence-electron chi connectivity index (χ1n) is 24.4. The first-order valence-corrected chi connectivity index (χ1v) is 32.7. The van der Waals surface area contributed by atoms with Crippen molar-refractivity contribution in [2.24, 2.45) is 14.1 Å². The van der Waals surface area contributed by atoms with Crippen LogP contribution in [-0.4, -0.2) is 117 Å². The van der Waals surface area contributed by atoms with Crippen LogP contribution in [0.15, 0.2) is 66.3 Å². The first-order chi connectivity index (χ1) is 33.1. The normalized spacial score (nSPS) is 16.0. The standard InChI is InChI=1S/C19H21N7O.C15H16BrN5O.C4H5N2.3C4H9.Sn/c1-25-10-8-22-19(25)15-11-23-18-14(5-7-21-18)17(15)24-13-3-2-9-26(12-13)16(27)4-6-20;16-12-8-19-15-11(4-6-18-15)14(12)20-10-2-1-7-21(9-10)13(22)3-5-17;1-6-3-2-5-4-6;3*1-3-4-2;/h5,7-8,10-11,13H,2-4,9,12H2,1H3,(H2,21,23,24);4,6,8,10H,1-3,7,9H2,(H2,18,19,20);2,4H,1H3;3*1,3-4H2,2H3;/t13-;10-;;;;;/m11...../s1. The van der Waals surface area contributed by atoms with Gasteiger partial charge in [-0.3, -0.25) is 9.59 Å². The summed E-state index contributed by atoms with van der Waals surface area (Å²) in [6.45, 7) is 9.66. The Kier molecular flexibility index (Phi) is 19.7. The van der Waals surface area contributed by atoms with E-state index in [1.54, 1.807) is 25.9 Å². The number of hydrogen-bond donors (Lipinski definition) is 4. The van der Waals surface area contributed by atoms with E-state index in [2.05, 4.69) is 95.1 Å². The predicted octanol–water partition coefficient (Wildman–Crippen LogP) is 9.40. The smallest absolute Gasteiger partial charge is 0.236 e. The van der Waals surface area contributed by atoms with Crippen LogP contribution in [0.2, 0.25) is 13.3 Å². The van der Waals surface area contributed by atoms with E-state index in [1.807, 2.05) is 67.0 Å². The molecule has 0 spiro atoms. The summed E-state index contributed by atoms with van der Waals surface area (Å²) in [5, 5.41) is 26.6. The van der Waals surface area contributed by atoms with Crippen LogP contribution in [0.1, 0.15) is 97.8 Å². The van der Waals surface area contributed by atoms with Crippen LogP contribution in [-0.2, 0) is 23.7 Å². The summed E-state index contributed by atoms with van der Waals surface area (Å²) >= 11 is 1.34. The third kappa shape index (κ3) is 13.2. The molecule has 362 valence electrons. The Bertz CT molecular complexity index is 2620. The number of unbranched alkanes of at least 4 members (excludes halogenated alkanes) is 3. The van der Waals surface area contributed by atoms with Crippen LogP contribution in [0.3, 0.4) is 0 Å². The molecule has 0 saturated carbocycles. The summed E-state index contributed by atoms with van der Waals surface area (Å²) in [4.78, 5) is 51.5. The van der Waals surface area contributed by atoms with E-state index in [-0.39, 0.29) is 36.7 Å². The molecule has 2 aliphatic heterocycles. The third-order valence-corrected chi connectivity index (χ3v) is 29.6. The van der Waals surface area contributed by atoms with Gasteiger partial charge in [-0.15, -0.1) is 0 Å². The molecule has 18 heteroatoms. The van der Waals surface area contributed by atoms with Gasteiger partial charge in [-0.2, -0.15) is 10.5 Å². The molecule has 2 saturated heterocycles. The van der Waals surface area contributed by atoms with E-state index >= 15 is 0 Å². The molecule has 6 aromatic heterocycles. The number of halogens is 1. The Hall–Kier alpha value is -5.40. The number of nitriles is 2. The molecular formula is C50H69BrN14O2Sn. The van der Waals surface area contributed by atoms with Crippen LogP contribution in [0, 0.1) is 22.7 Å². The number of H-pyrrole nitrogens is 2. The number of likely N-dealkylation sites (tertiary alicyclic amines) is 2.